The number of aromatic nitrogens is 2. The van der Waals surface area contributed by atoms with E-state index in [1.54, 1.807) is 9.80 Å². The highest BCUT2D eigenvalue weighted by atomic mass is 79.9. The Morgan fingerprint density at radius 3 is 1.02 bits per heavy atom. The summed E-state index contributed by atoms with van der Waals surface area (Å²) in [6.45, 7) is 15.9. The number of quaternary nitrogens is 6. The first-order valence-electron chi connectivity index (χ1n) is 14.8. The van der Waals surface area contributed by atoms with Crippen molar-refractivity contribution in [1.29, 1.82) is 0 Å². The molecule has 0 saturated carbocycles. The summed E-state index contributed by atoms with van der Waals surface area (Å²) in [7, 11) is 0. The summed E-state index contributed by atoms with van der Waals surface area (Å²) in [4.78, 5) is 10.6. The van der Waals surface area contributed by atoms with Gasteiger partial charge in [-0.2, -0.15) is 0 Å². The zero-order chi connectivity index (χ0) is 25.8. The van der Waals surface area contributed by atoms with E-state index in [4.69, 9.17) is 0 Å². The molecule has 1 aromatic carbocycles. The van der Waals surface area contributed by atoms with Gasteiger partial charge in [-0.15, -0.1) is 0 Å². The van der Waals surface area contributed by atoms with Crippen LogP contribution in [0.15, 0.2) is 60.7 Å². The van der Waals surface area contributed by atoms with E-state index in [1.165, 1.54) is 86.3 Å². The zero-order valence-electron chi connectivity index (χ0n) is 26.0. The molecule has 4 heterocycles. The minimum absolute atomic E-state index is 0. The second-order valence-corrected chi connectivity index (χ2v) is 11.2. The summed E-state index contributed by atoms with van der Waals surface area (Å²) >= 11 is 0. The van der Waals surface area contributed by atoms with Crippen LogP contribution in [0.5, 0.6) is 0 Å². The van der Waals surface area contributed by atoms with Gasteiger partial charge in [-0.3, -0.25) is 0 Å². The molecule has 0 aliphatic carbocycles. The fourth-order valence-electron chi connectivity index (χ4n) is 5.90. The summed E-state index contributed by atoms with van der Waals surface area (Å²) < 4.78 is 0. The average molecular weight is 1160 g/mol. The number of hydrogen-bond acceptors (Lipinski definition) is 0. The Morgan fingerprint density at radius 2 is 0.717 bits per heavy atom. The van der Waals surface area contributed by atoms with E-state index in [1.807, 2.05) is 0 Å². The third-order valence-electron chi connectivity index (χ3n) is 8.00. The lowest BCUT2D eigenvalue weighted by molar-refractivity contribution is -0.938. The number of aromatic amines is 2. The SMILES string of the molecule is [Br-].[Br-].[Br-].[Br-].[Br-].[Br-].[Br-].[Br-].c1cc(C[NH+]2CC[NH2+]Cc3cccc([nH+]3)C[NH2+]CC2)cc(C[NH+]2CC[NH2+]Cc3cccc([nH+]3)C[NH2+]CC2)c1. The molecule has 3 aromatic rings. The molecule has 0 radical (unpaired) electrons. The molecule has 0 amide bonds. The van der Waals surface area contributed by atoms with Gasteiger partial charge < -0.3 is 167 Å². The van der Waals surface area contributed by atoms with Crippen molar-refractivity contribution >= 4 is 0 Å². The van der Waals surface area contributed by atoms with Crippen molar-refractivity contribution in [1.82, 2.24) is 0 Å². The van der Waals surface area contributed by atoms with Crippen molar-refractivity contribution in [3.63, 3.8) is 0 Å². The van der Waals surface area contributed by atoms with E-state index >= 15 is 0 Å². The first-order chi connectivity index (χ1) is 18.8. The lowest BCUT2D eigenvalue weighted by Crippen LogP contribution is -3.16. The molecule has 5 rings (SSSR count). The maximum Gasteiger partial charge on any atom is 0.235 e. The van der Waals surface area contributed by atoms with Crippen LogP contribution in [0, 0.1) is 0 Å². The van der Waals surface area contributed by atoms with Crippen molar-refractivity contribution in [3.8, 4) is 0 Å². The van der Waals surface area contributed by atoms with Crippen LogP contribution in [-0.2, 0) is 39.3 Å². The molecule has 0 saturated heterocycles. The average Bonchev–Trinajstić information content (AvgIpc) is 2.93. The Kier molecular flexibility index (Phi) is 36.2. The molecular formula is C30H50Br8N8. The van der Waals surface area contributed by atoms with Gasteiger partial charge in [-0.25, -0.2) is 9.97 Å². The Hall–Kier alpha value is 1.12. The Labute approximate surface area is 359 Å². The Balaban J connectivity index is -0.00000110. The van der Waals surface area contributed by atoms with E-state index in [-0.39, 0.29) is 136 Å². The molecule has 266 valence electrons. The summed E-state index contributed by atoms with van der Waals surface area (Å²) in [5.74, 6) is 0. The third-order valence-corrected chi connectivity index (χ3v) is 8.00. The van der Waals surface area contributed by atoms with Gasteiger partial charge in [-0.05, 0) is 18.2 Å². The topological polar surface area (TPSA) is 104 Å². The Morgan fingerprint density at radius 1 is 0.435 bits per heavy atom. The van der Waals surface area contributed by atoms with Gasteiger partial charge in [0, 0.05) is 35.4 Å². The van der Waals surface area contributed by atoms with E-state index in [2.05, 4.69) is 91.9 Å². The van der Waals surface area contributed by atoms with Crippen molar-refractivity contribution < 1.29 is 177 Å². The van der Waals surface area contributed by atoms with Gasteiger partial charge in [-0.1, -0.05) is 18.2 Å². The largest absolute Gasteiger partial charge is 1.00 e. The van der Waals surface area contributed by atoms with Gasteiger partial charge in [0.05, 0.1) is 0 Å². The van der Waals surface area contributed by atoms with Crippen molar-refractivity contribution in [2.24, 2.45) is 0 Å². The number of fused-ring (bicyclic) bond motifs is 4. The van der Waals surface area contributed by atoms with Crippen LogP contribution in [-0.4, -0.2) is 52.4 Å². The van der Waals surface area contributed by atoms with Crippen LogP contribution in [0.1, 0.15) is 33.9 Å². The highest BCUT2D eigenvalue weighted by Gasteiger charge is 2.18. The zero-order valence-corrected chi connectivity index (χ0v) is 38.7. The van der Waals surface area contributed by atoms with Gasteiger partial charge in [0.2, 0.25) is 22.8 Å². The first-order valence-corrected chi connectivity index (χ1v) is 14.8. The lowest BCUT2D eigenvalue weighted by Gasteiger charge is -2.20. The molecule has 2 aliphatic heterocycles. The van der Waals surface area contributed by atoms with Crippen LogP contribution in [0.25, 0.3) is 0 Å². The lowest BCUT2D eigenvalue weighted by atomic mass is 10.1. The molecule has 0 fully saturated rings. The normalized spacial score (nSPS) is 15.7. The number of benzene rings is 1. The van der Waals surface area contributed by atoms with Crippen LogP contribution >= 0.6 is 0 Å². The number of nitrogens with one attached hydrogen (secondary N) is 4. The second-order valence-electron chi connectivity index (χ2n) is 11.2. The fraction of sp³-hybridized carbons (Fsp3) is 0.467. The van der Waals surface area contributed by atoms with Crippen molar-refractivity contribution in [3.05, 3.63) is 94.6 Å². The molecule has 2 aliphatic rings. The molecule has 0 spiro atoms. The molecular weight excluding hydrogens is 1110 g/mol. The second kappa shape index (κ2) is 30.9. The highest BCUT2D eigenvalue weighted by Crippen LogP contribution is 2.03. The minimum atomic E-state index is 0. The summed E-state index contributed by atoms with van der Waals surface area (Å²) in [5, 5.41) is 9.83. The summed E-state index contributed by atoms with van der Waals surface area (Å²) in [6, 6.07) is 22.7. The molecule has 16 heteroatoms. The Bertz CT molecular complexity index is 1030. The highest BCUT2D eigenvalue weighted by molar-refractivity contribution is 5.22. The van der Waals surface area contributed by atoms with Crippen LogP contribution in [0.3, 0.4) is 0 Å². The van der Waals surface area contributed by atoms with E-state index < -0.39 is 0 Å². The maximum absolute atomic E-state index is 3.60. The molecule has 2 aromatic heterocycles. The smallest absolute Gasteiger partial charge is 0.235 e. The monoisotopic (exact) mass is 1150 g/mol. The van der Waals surface area contributed by atoms with Gasteiger partial charge in [0.15, 0.2) is 26.2 Å². The molecule has 46 heavy (non-hydrogen) atoms. The van der Waals surface area contributed by atoms with E-state index in [0.29, 0.717) is 0 Å². The maximum atomic E-state index is 3.60. The van der Waals surface area contributed by atoms with Gasteiger partial charge >= 0.3 is 0 Å². The number of nitrogens with two attached hydrogens (primary N) is 4. The number of hydrogen-bond donors (Lipinski definition) is 6. The molecule has 8 nitrogen and oxygen atoms in total. The van der Waals surface area contributed by atoms with Crippen LogP contribution in [0.2, 0.25) is 0 Å². The predicted octanol–water partition coefficient (Wildman–Crippen LogP) is -30.2. The predicted molar refractivity (Wildman–Crippen MR) is 143 cm³/mol. The molecule has 0 unspecified atom stereocenters. The summed E-state index contributed by atoms with van der Waals surface area (Å²) in [6.07, 6.45) is 0. The van der Waals surface area contributed by atoms with E-state index in [9.17, 15) is 0 Å². The third kappa shape index (κ3) is 19.5. The van der Waals surface area contributed by atoms with Crippen LogP contribution in [0.4, 0.5) is 0 Å². The molecule has 12 N–H and O–H groups in total. The number of halogens is 8. The fourth-order valence-corrected chi connectivity index (χ4v) is 5.90. The van der Waals surface area contributed by atoms with Crippen molar-refractivity contribution in [2.45, 2.75) is 39.3 Å². The first kappa shape index (κ1) is 53.9. The van der Waals surface area contributed by atoms with Gasteiger partial charge in [0.25, 0.3) is 0 Å². The molecule has 4 bridgehead atoms. The number of pyridine rings is 2. The number of rotatable bonds is 4. The number of H-pyrrole nitrogens is 2. The minimum Gasteiger partial charge on any atom is -1.00 e. The molecule has 0 atom stereocenters. The summed E-state index contributed by atoms with van der Waals surface area (Å²) in [5.41, 5.74) is 8.30. The van der Waals surface area contributed by atoms with Gasteiger partial charge in [0.1, 0.15) is 65.4 Å². The van der Waals surface area contributed by atoms with E-state index in [0.717, 1.165) is 39.3 Å². The quantitative estimate of drug-likeness (QED) is 0.150. The standard InChI is InChI=1S/C30H42N8.8BrH/c1-4-25(23-37-14-10-31-19-27-6-2-7-28(35-27)20-32-11-15-37)18-26(5-1)24-38-16-12-33-21-29-8-3-9-30(36-29)22-34-13-17-38;;;;;;;;/h1-9,18,31-34H,10-17,19-24H2;8*1H. The van der Waals surface area contributed by atoms with Crippen molar-refractivity contribution in [2.75, 3.05) is 52.4 Å². The van der Waals surface area contributed by atoms with Crippen LogP contribution < -0.4 is 177 Å².